The fraction of sp³-hybridized carbons (Fsp3) is 0.143. The zero-order chi connectivity index (χ0) is 14.1. The lowest BCUT2D eigenvalue weighted by Crippen LogP contribution is -2.01. The molecule has 6 heteroatoms. The van der Waals surface area contributed by atoms with Crippen molar-refractivity contribution in [2.75, 3.05) is 5.32 Å². The van der Waals surface area contributed by atoms with Gasteiger partial charge in [-0.3, -0.25) is 0 Å². The van der Waals surface area contributed by atoms with Gasteiger partial charge in [0.15, 0.2) is 0 Å². The number of aryl methyl sites for hydroxylation is 1. The first-order valence-electron chi connectivity index (χ1n) is 6.08. The first kappa shape index (κ1) is 13.1. The number of hydrogen-bond donors (Lipinski definition) is 2. The fourth-order valence-electron chi connectivity index (χ4n) is 2.03. The Bertz CT molecular complexity index is 772. The lowest BCUT2D eigenvalue weighted by molar-refractivity contribution is 0.469. The SMILES string of the molecule is Cc1ccc(O)c(CNc2c(Cl)ccc3nsnc23)c1. The van der Waals surface area contributed by atoms with Crippen LogP contribution in [0.1, 0.15) is 11.1 Å². The third-order valence-corrected chi connectivity index (χ3v) is 3.93. The zero-order valence-corrected chi connectivity index (χ0v) is 12.3. The van der Waals surface area contributed by atoms with Crippen LogP contribution in [0.25, 0.3) is 11.0 Å². The van der Waals surface area contributed by atoms with Crippen LogP contribution >= 0.6 is 23.3 Å². The van der Waals surface area contributed by atoms with Crippen LogP contribution in [0.3, 0.4) is 0 Å². The Morgan fingerprint density at radius 1 is 1.25 bits per heavy atom. The average molecular weight is 306 g/mol. The molecule has 3 aromatic rings. The minimum Gasteiger partial charge on any atom is -0.508 e. The Morgan fingerprint density at radius 3 is 2.95 bits per heavy atom. The number of rotatable bonds is 3. The maximum absolute atomic E-state index is 9.86. The van der Waals surface area contributed by atoms with Gasteiger partial charge in [0.05, 0.1) is 22.4 Å². The molecule has 3 rings (SSSR count). The van der Waals surface area contributed by atoms with Gasteiger partial charge in [-0.2, -0.15) is 8.75 Å². The molecule has 0 spiro atoms. The number of fused-ring (bicyclic) bond motifs is 1. The molecule has 0 radical (unpaired) electrons. The third-order valence-electron chi connectivity index (χ3n) is 3.07. The van der Waals surface area contributed by atoms with E-state index in [-0.39, 0.29) is 5.75 Å². The summed E-state index contributed by atoms with van der Waals surface area (Å²) in [5.41, 5.74) is 4.24. The maximum Gasteiger partial charge on any atom is 0.129 e. The van der Waals surface area contributed by atoms with Crippen LogP contribution in [0.15, 0.2) is 30.3 Å². The number of phenols is 1. The summed E-state index contributed by atoms with van der Waals surface area (Å²) in [6.45, 7) is 2.46. The van der Waals surface area contributed by atoms with Crippen LogP contribution < -0.4 is 5.32 Å². The maximum atomic E-state index is 9.86. The molecule has 0 bridgehead atoms. The molecular weight excluding hydrogens is 294 g/mol. The van der Waals surface area contributed by atoms with Crippen LogP contribution in [0.2, 0.25) is 5.02 Å². The van der Waals surface area contributed by atoms with E-state index >= 15 is 0 Å². The van der Waals surface area contributed by atoms with E-state index in [2.05, 4.69) is 14.1 Å². The Hall–Kier alpha value is -1.85. The summed E-state index contributed by atoms with van der Waals surface area (Å²) < 4.78 is 8.44. The highest BCUT2D eigenvalue weighted by Crippen LogP contribution is 2.31. The van der Waals surface area contributed by atoms with Crippen molar-refractivity contribution in [1.29, 1.82) is 0 Å². The van der Waals surface area contributed by atoms with Crippen LogP contribution in [0.4, 0.5) is 5.69 Å². The first-order valence-corrected chi connectivity index (χ1v) is 7.19. The molecule has 0 atom stereocenters. The molecule has 2 N–H and O–H groups in total. The van der Waals surface area contributed by atoms with Crippen LogP contribution in [-0.2, 0) is 6.54 Å². The second-order valence-corrected chi connectivity index (χ2v) is 5.48. The highest BCUT2D eigenvalue weighted by atomic mass is 35.5. The molecular formula is C14H12ClN3OS. The Kier molecular flexibility index (Phi) is 3.46. The van der Waals surface area contributed by atoms with E-state index in [0.717, 1.165) is 39.6 Å². The lowest BCUT2D eigenvalue weighted by Gasteiger charge is -2.10. The molecule has 4 nitrogen and oxygen atoms in total. The topological polar surface area (TPSA) is 58.0 Å². The summed E-state index contributed by atoms with van der Waals surface area (Å²) in [4.78, 5) is 0. The van der Waals surface area contributed by atoms with Crippen molar-refractivity contribution in [3.8, 4) is 5.75 Å². The van der Waals surface area contributed by atoms with E-state index in [1.165, 1.54) is 0 Å². The largest absolute Gasteiger partial charge is 0.508 e. The minimum atomic E-state index is 0.266. The van der Waals surface area contributed by atoms with Gasteiger partial charge in [-0.25, -0.2) is 0 Å². The first-order chi connectivity index (χ1) is 9.65. The van der Waals surface area contributed by atoms with Crippen molar-refractivity contribution in [1.82, 2.24) is 8.75 Å². The van der Waals surface area contributed by atoms with Crippen molar-refractivity contribution in [3.63, 3.8) is 0 Å². The highest BCUT2D eigenvalue weighted by molar-refractivity contribution is 7.00. The predicted octanol–water partition coefficient (Wildman–Crippen LogP) is 3.97. The summed E-state index contributed by atoms with van der Waals surface area (Å²) >= 11 is 7.36. The van der Waals surface area contributed by atoms with E-state index in [1.54, 1.807) is 12.1 Å². The molecule has 0 aliphatic rings. The Morgan fingerprint density at radius 2 is 2.10 bits per heavy atom. The average Bonchev–Trinajstić information content (AvgIpc) is 2.90. The summed E-state index contributed by atoms with van der Waals surface area (Å²) in [6.07, 6.45) is 0. The van der Waals surface area contributed by atoms with Crippen molar-refractivity contribution in [3.05, 3.63) is 46.5 Å². The van der Waals surface area contributed by atoms with Crippen LogP contribution in [-0.4, -0.2) is 13.9 Å². The van der Waals surface area contributed by atoms with E-state index in [9.17, 15) is 5.11 Å². The number of halogens is 1. The molecule has 0 fully saturated rings. The number of anilines is 1. The second kappa shape index (κ2) is 5.26. The standard InChI is InChI=1S/C14H12ClN3OS/c1-8-2-5-12(19)9(6-8)7-16-13-10(15)3-4-11-14(13)18-20-17-11/h2-6,16,19H,7H2,1H3. The van der Waals surface area contributed by atoms with Gasteiger partial charge in [-0.05, 0) is 25.1 Å². The number of benzene rings is 2. The molecule has 20 heavy (non-hydrogen) atoms. The molecule has 0 amide bonds. The monoisotopic (exact) mass is 305 g/mol. The number of nitrogens with one attached hydrogen (secondary N) is 1. The molecule has 0 unspecified atom stereocenters. The number of nitrogens with zero attached hydrogens (tertiary/aromatic N) is 2. The molecule has 0 aliphatic heterocycles. The van der Waals surface area contributed by atoms with E-state index < -0.39 is 0 Å². The minimum absolute atomic E-state index is 0.266. The van der Waals surface area contributed by atoms with E-state index in [0.29, 0.717) is 11.6 Å². The quantitative estimate of drug-likeness (QED) is 0.768. The van der Waals surface area contributed by atoms with Gasteiger partial charge in [0.1, 0.15) is 16.8 Å². The highest BCUT2D eigenvalue weighted by Gasteiger charge is 2.10. The Balaban J connectivity index is 1.92. The summed E-state index contributed by atoms with van der Waals surface area (Å²) in [6, 6.07) is 9.14. The normalized spacial score (nSPS) is 10.9. The third kappa shape index (κ3) is 2.42. The summed E-state index contributed by atoms with van der Waals surface area (Å²) in [7, 11) is 0. The summed E-state index contributed by atoms with van der Waals surface area (Å²) in [5, 5.41) is 13.7. The van der Waals surface area contributed by atoms with Crippen molar-refractivity contribution in [2.24, 2.45) is 0 Å². The van der Waals surface area contributed by atoms with Gasteiger partial charge in [0, 0.05) is 12.1 Å². The zero-order valence-electron chi connectivity index (χ0n) is 10.7. The molecule has 1 heterocycles. The van der Waals surface area contributed by atoms with E-state index in [4.69, 9.17) is 11.6 Å². The van der Waals surface area contributed by atoms with Crippen LogP contribution in [0, 0.1) is 6.92 Å². The molecule has 2 aromatic carbocycles. The number of aromatic hydroxyl groups is 1. The van der Waals surface area contributed by atoms with Crippen molar-refractivity contribution >= 4 is 40.0 Å². The van der Waals surface area contributed by atoms with Gasteiger partial charge in [-0.1, -0.05) is 29.3 Å². The van der Waals surface area contributed by atoms with E-state index in [1.807, 2.05) is 25.1 Å². The fourth-order valence-corrected chi connectivity index (χ4v) is 2.80. The molecule has 102 valence electrons. The van der Waals surface area contributed by atoms with Gasteiger partial charge >= 0.3 is 0 Å². The van der Waals surface area contributed by atoms with Gasteiger partial charge in [0.25, 0.3) is 0 Å². The Labute approximate surface area is 125 Å². The van der Waals surface area contributed by atoms with Gasteiger partial charge in [0.2, 0.25) is 0 Å². The van der Waals surface area contributed by atoms with Gasteiger partial charge < -0.3 is 10.4 Å². The van der Waals surface area contributed by atoms with Crippen molar-refractivity contribution < 1.29 is 5.11 Å². The molecule has 1 aromatic heterocycles. The molecule has 0 aliphatic carbocycles. The second-order valence-electron chi connectivity index (χ2n) is 4.54. The van der Waals surface area contributed by atoms with Crippen molar-refractivity contribution in [2.45, 2.75) is 13.5 Å². The molecule has 0 saturated carbocycles. The number of phenolic OH excluding ortho intramolecular Hbond substituents is 1. The lowest BCUT2D eigenvalue weighted by atomic mass is 10.1. The molecule has 0 saturated heterocycles. The summed E-state index contributed by atoms with van der Waals surface area (Å²) in [5.74, 6) is 0.266. The van der Waals surface area contributed by atoms with Gasteiger partial charge in [-0.15, -0.1) is 0 Å². The predicted molar refractivity (Wildman–Crippen MR) is 82.6 cm³/mol. The van der Waals surface area contributed by atoms with Crippen LogP contribution in [0.5, 0.6) is 5.75 Å². The number of hydrogen-bond acceptors (Lipinski definition) is 5. The number of aromatic nitrogens is 2. The smallest absolute Gasteiger partial charge is 0.129 e.